The Hall–Kier alpha value is -1.95. The minimum Gasteiger partial charge on any atom is -0.299 e. The summed E-state index contributed by atoms with van der Waals surface area (Å²) in [5.74, 6) is -0.508. The van der Waals surface area contributed by atoms with Crippen molar-refractivity contribution in [1.82, 2.24) is 10.2 Å². The molecular weight excluding hydrogens is 484 g/mol. The van der Waals surface area contributed by atoms with Crippen LogP contribution in [0.25, 0.3) is 0 Å². The zero-order valence-electron chi connectivity index (χ0n) is 14.6. The van der Waals surface area contributed by atoms with Crippen LogP contribution < -0.4 is 9.62 Å². The number of halogens is 1. The van der Waals surface area contributed by atoms with E-state index in [9.17, 15) is 13.2 Å². The summed E-state index contributed by atoms with van der Waals surface area (Å²) in [5, 5.41) is 10.7. The number of hydrogen-bond acceptors (Lipinski definition) is 7. The lowest BCUT2D eigenvalue weighted by Gasteiger charge is -2.24. The van der Waals surface area contributed by atoms with E-state index in [0.717, 1.165) is 8.78 Å². The average molecular weight is 499 g/mol. The van der Waals surface area contributed by atoms with Gasteiger partial charge in [0.1, 0.15) is 6.54 Å². The Morgan fingerprint density at radius 1 is 1.14 bits per heavy atom. The van der Waals surface area contributed by atoms with E-state index >= 15 is 0 Å². The molecule has 0 atom stereocenters. The normalized spacial score (nSPS) is 11.2. The number of rotatable bonds is 7. The highest BCUT2D eigenvalue weighted by Crippen LogP contribution is 2.26. The van der Waals surface area contributed by atoms with Gasteiger partial charge in [-0.3, -0.25) is 14.4 Å². The summed E-state index contributed by atoms with van der Waals surface area (Å²) in [7, 11) is -3.93. The molecule has 1 aromatic heterocycles. The SMILES string of the molecule is CSc1nnc(NC(=O)CN(c2ccc(Br)cc2)S(=O)(=O)c2ccccc2)s1. The van der Waals surface area contributed by atoms with Crippen molar-refractivity contribution in [3.63, 3.8) is 0 Å². The topological polar surface area (TPSA) is 92.3 Å². The average Bonchev–Trinajstić information content (AvgIpc) is 3.15. The van der Waals surface area contributed by atoms with Crippen LogP contribution in [-0.4, -0.2) is 37.3 Å². The Morgan fingerprint density at radius 3 is 2.43 bits per heavy atom. The molecule has 3 rings (SSSR count). The molecule has 1 N–H and O–H groups in total. The molecular formula is C17H15BrN4O3S3. The molecule has 11 heteroatoms. The number of thioether (sulfide) groups is 1. The first-order chi connectivity index (χ1) is 13.4. The van der Waals surface area contributed by atoms with Crippen LogP contribution in [0.4, 0.5) is 10.8 Å². The first kappa shape index (κ1) is 20.8. The maximum Gasteiger partial charge on any atom is 0.264 e. The Bertz CT molecular complexity index is 1060. The van der Waals surface area contributed by atoms with Crippen molar-refractivity contribution in [1.29, 1.82) is 0 Å². The fourth-order valence-electron chi connectivity index (χ4n) is 2.27. The van der Waals surface area contributed by atoms with E-state index in [1.165, 1.54) is 35.2 Å². The summed E-state index contributed by atoms with van der Waals surface area (Å²) >= 11 is 5.97. The van der Waals surface area contributed by atoms with E-state index in [1.807, 2.05) is 6.26 Å². The summed E-state index contributed by atoms with van der Waals surface area (Å²) in [5.41, 5.74) is 0.379. The van der Waals surface area contributed by atoms with E-state index in [2.05, 4.69) is 31.4 Å². The predicted octanol–water partition coefficient (Wildman–Crippen LogP) is 3.86. The predicted molar refractivity (Wildman–Crippen MR) is 115 cm³/mol. The standard InChI is InChI=1S/C17H15BrN4O3S3/c1-26-17-21-20-16(27-17)19-15(23)11-22(13-9-7-12(18)8-10-13)28(24,25)14-5-3-2-4-6-14/h2-10H,11H2,1H3,(H,19,20,23). The van der Waals surface area contributed by atoms with Crippen molar-refractivity contribution in [3.05, 3.63) is 59.1 Å². The molecule has 0 spiro atoms. The van der Waals surface area contributed by atoms with Crippen LogP contribution in [0.5, 0.6) is 0 Å². The van der Waals surface area contributed by atoms with Crippen LogP contribution in [0.15, 0.2) is 68.3 Å². The largest absolute Gasteiger partial charge is 0.299 e. The third-order valence-corrected chi connectivity index (χ3v) is 7.69. The molecule has 1 heterocycles. The van der Waals surface area contributed by atoms with Gasteiger partial charge in [-0.1, -0.05) is 57.2 Å². The van der Waals surface area contributed by atoms with Gasteiger partial charge in [-0.05, 0) is 42.7 Å². The minimum absolute atomic E-state index is 0.103. The molecule has 0 aliphatic rings. The molecule has 0 fully saturated rings. The van der Waals surface area contributed by atoms with Gasteiger partial charge in [-0.15, -0.1) is 10.2 Å². The van der Waals surface area contributed by atoms with Gasteiger partial charge in [-0.25, -0.2) is 8.42 Å². The first-order valence-corrected chi connectivity index (χ1v) is 12.2. The third-order valence-electron chi connectivity index (χ3n) is 3.56. The van der Waals surface area contributed by atoms with Crippen molar-refractivity contribution < 1.29 is 13.2 Å². The van der Waals surface area contributed by atoms with Gasteiger partial charge >= 0.3 is 0 Å². The fraction of sp³-hybridized carbons (Fsp3) is 0.118. The monoisotopic (exact) mass is 498 g/mol. The van der Waals surface area contributed by atoms with Gasteiger partial charge in [-0.2, -0.15) is 0 Å². The number of carbonyl (C=O) groups excluding carboxylic acids is 1. The summed E-state index contributed by atoms with van der Waals surface area (Å²) in [6, 6.07) is 14.7. The van der Waals surface area contributed by atoms with Crippen LogP contribution in [0, 0.1) is 0 Å². The van der Waals surface area contributed by atoms with Crippen molar-refractivity contribution in [2.75, 3.05) is 22.4 Å². The molecule has 0 unspecified atom stereocenters. The van der Waals surface area contributed by atoms with E-state index in [0.29, 0.717) is 15.2 Å². The number of amides is 1. The summed E-state index contributed by atoms with van der Waals surface area (Å²) in [4.78, 5) is 12.6. The van der Waals surface area contributed by atoms with E-state index < -0.39 is 22.5 Å². The number of sulfonamides is 1. The number of nitrogens with zero attached hydrogens (tertiary/aromatic N) is 3. The molecule has 0 aliphatic carbocycles. The van der Waals surface area contributed by atoms with Crippen LogP contribution in [-0.2, 0) is 14.8 Å². The van der Waals surface area contributed by atoms with Crippen LogP contribution in [0.3, 0.4) is 0 Å². The zero-order valence-corrected chi connectivity index (χ0v) is 18.6. The van der Waals surface area contributed by atoms with E-state index in [-0.39, 0.29) is 4.90 Å². The molecule has 0 radical (unpaired) electrons. The van der Waals surface area contributed by atoms with Gasteiger partial charge in [0.2, 0.25) is 11.0 Å². The molecule has 1 amide bonds. The lowest BCUT2D eigenvalue weighted by atomic mass is 10.3. The second-order valence-corrected chi connectivity index (χ2v) is 10.2. The highest BCUT2D eigenvalue weighted by Gasteiger charge is 2.27. The maximum atomic E-state index is 13.2. The fourth-order valence-corrected chi connectivity index (χ4v) is 5.17. The number of benzene rings is 2. The second kappa shape index (κ2) is 9.03. The van der Waals surface area contributed by atoms with E-state index in [1.54, 1.807) is 42.5 Å². The van der Waals surface area contributed by atoms with Gasteiger partial charge < -0.3 is 0 Å². The van der Waals surface area contributed by atoms with Gasteiger partial charge in [0.25, 0.3) is 10.0 Å². The third kappa shape index (κ3) is 4.90. The van der Waals surface area contributed by atoms with Crippen LogP contribution in [0.2, 0.25) is 0 Å². The Labute approximate surface area is 179 Å². The highest BCUT2D eigenvalue weighted by atomic mass is 79.9. The maximum absolute atomic E-state index is 13.2. The van der Waals surface area contributed by atoms with Gasteiger partial charge in [0, 0.05) is 4.47 Å². The lowest BCUT2D eigenvalue weighted by Crippen LogP contribution is -2.38. The van der Waals surface area contributed by atoms with Gasteiger partial charge in [0.05, 0.1) is 10.6 Å². The summed E-state index contributed by atoms with van der Waals surface area (Å²) < 4.78 is 28.9. The molecule has 0 bridgehead atoms. The number of anilines is 2. The molecule has 3 aromatic rings. The van der Waals surface area contributed by atoms with Crippen molar-refractivity contribution in [2.24, 2.45) is 0 Å². The van der Waals surface area contributed by atoms with E-state index in [4.69, 9.17) is 0 Å². The number of hydrogen-bond donors (Lipinski definition) is 1. The van der Waals surface area contributed by atoms with Crippen molar-refractivity contribution in [2.45, 2.75) is 9.24 Å². The molecule has 2 aromatic carbocycles. The molecule has 7 nitrogen and oxygen atoms in total. The highest BCUT2D eigenvalue weighted by molar-refractivity contribution is 9.10. The van der Waals surface area contributed by atoms with Crippen LogP contribution in [0.1, 0.15) is 0 Å². The zero-order chi connectivity index (χ0) is 20.1. The Balaban J connectivity index is 1.90. The smallest absolute Gasteiger partial charge is 0.264 e. The summed E-state index contributed by atoms with van der Waals surface area (Å²) in [6.45, 7) is -0.396. The molecule has 0 saturated heterocycles. The number of aromatic nitrogens is 2. The number of carbonyl (C=O) groups is 1. The second-order valence-electron chi connectivity index (χ2n) is 5.43. The molecule has 0 saturated carbocycles. The molecule has 28 heavy (non-hydrogen) atoms. The van der Waals surface area contributed by atoms with Crippen LogP contribution >= 0.6 is 39.0 Å². The first-order valence-electron chi connectivity index (χ1n) is 7.91. The Morgan fingerprint density at radius 2 is 1.82 bits per heavy atom. The van der Waals surface area contributed by atoms with Crippen molar-refractivity contribution in [3.8, 4) is 0 Å². The van der Waals surface area contributed by atoms with Gasteiger partial charge in [0.15, 0.2) is 4.34 Å². The summed E-state index contributed by atoms with van der Waals surface area (Å²) in [6.07, 6.45) is 1.85. The van der Waals surface area contributed by atoms with Crippen molar-refractivity contribution >= 4 is 65.8 Å². The number of nitrogens with one attached hydrogen (secondary N) is 1. The Kier molecular flexibility index (Phi) is 6.70. The lowest BCUT2D eigenvalue weighted by molar-refractivity contribution is -0.114. The quantitative estimate of drug-likeness (QED) is 0.392. The molecule has 146 valence electrons. The minimum atomic E-state index is -3.93. The molecule has 0 aliphatic heterocycles.